The summed E-state index contributed by atoms with van der Waals surface area (Å²) in [5.41, 5.74) is 2.36. The van der Waals surface area contributed by atoms with E-state index in [4.69, 9.17) is 0 Å². The molecule has 3 nitrogen and oxygen atoms in total. The number of rotatable bonds is 6. The first-order valence-electron chi connectivity index (χ1n) is 6.86. The quantitative estimate of drug-likeness (QED) is 0.795. The molecule has 0 amide bonds. The van der Waals surface area contributed by atoms with Gasteiger partial charge in [-0.1, -0.05) is 53.2 Å². The number of benzene rings is 1. The highest BCUT2D eigenvalue weighted by Crippen LogP contribution is 2.27. The summed E-state index contributed by atoms with van der Waals surface area (Å²) in [6, 6.07) is 6.31. The molecule has 0 atom stereocenters. The van der Waals surface area contributed by atoms with Crippen molar-refractivity contribution < 1.29 is 0 Å². The summed E-state index contributed by atoms with van der Waals surface area (Å²) in [4.78, 5) is 0. The number of aryl methyl sites for hydroxylation is 1. The lowest BCUT2D eigenvalue weighted by Crippen LogP contribution is -2.22. The van der Waals surface area contributed by atoms with Crippen molar-refractivity contribution in [1.29, 1.82) is 0 Å². The van der Waals surface area contributed by atoms with Crippen LogP contribution in [0, 0.1) is 12.8 Å². The van der Waals surface area contributed by atoms with Crippen molar-refractivity contribution in [2.45, 2.75) is 27.2 Å². The highest BCUT2D eigenvalue weighted by Gasteiger charge is 2.08. The smallest absolute Gasteiger partial charge is 0.147 e. The minimum atomic E-state index is 0.685. The number of hydrogen-bond acceptors (Lipinski definition) is 4. The number of hydrogen-bond donors (Lipinski definition) is 1. The molecule has 0 radical (unpaired) electrons. The summed E-state index contributed by atoms with van der Waals surface area (Å²) in [7, 11) is 0. The summed E-state index contributed by atoms with van der Waals surface area (Å²) >= 11 is 5.24. The third-order valence-electron chi connectivity index (χ3n) is 2.95. The van der Waals surface area contributed by atoms with Crippen molar-refractivity contribution in [3.05, 3.63) is 33.2 Å². The molecule has 0 bridgehead atoms. The van der Waals surface area contributed by atoms with Crippen LogP contribution in [0.5, 0.6) is 0 Å². The third kappa shape index (κ3) is 4.36. The average Bonchev–Trinajstić information content (AvgIpc) is 2.86. The third-order valence-corrected chi connectivity index (χ3v) is 4.84. The zero-order chi connectivity index (χ0) is 14.5. The number of nitrogens with one attached hydrogen (secondary N) is 1. The van der Waals surface area contributed by atoms with Crippen LogP contribution in [0.4, 0.5) is 0 Å². The van der Waals surface area contributed by atoms with Gasteiger partial charge < -0.3 is 5.32 Å². The molecule has 1 aromatic heterocycles. The predicted octanol–water partition coefficient (Wildman–Crippen LogP) is 4.06. The maximum atomic E-state index is 4.29. The highest BCUT2D eigenvalue weighted by atomic mass is 79.9. The van der Waals surface area contributed by atoms with E-state index >= 15 is 0 Å². The van der Waals surface area contributed by atoms with Crippen molar-refractivity contribution in [3.63, 3.8) is 0 Å². The van der Waals surface area contributed by atoms with Gasteiger partial charge in [0, 0.05) is 23.0 Å². The van der Waals surface area contributed by atoms with E-state index in [1.165, 1.54) is 5.56 Å². The summed E-state index contributed by atoms with van der Waals surface area (Å²) in [6.45, 7) is 8.53. The van der Waals surface area contributed by atoms with E-state index in [9.17, 15) is 0 Å². The Balaban J connectivity index is 1.96. The summed E-state index contributed by atoms with van der Waals surface area (Å²) in [5.74, 6) is 0.685. The van der Waals surface area contributed by atoms with Gasteiger partial charge in [-0.15, -0.1) is 10.2 Å². The molecule has 2 rings (SSSR count). The maximum absolute atomic E-state index is 4.29. The Morgan fingerprint density at radius 1 is 1.30 bits per heavy atom. The van der Waals surface area contributed by atoms with Crippen molar-refractivity contribution in [3.8, 4) is 10.6 Å². The van der Waals surface area contributed by atoms with Crippen molar-refractivity contribution in [2.75, 3.05) is 13.1 Å². The van der Waals surface area contributed by atoms with E-state index in [-0.39, 0.29) is 0 Å². The fourth-order valence-corrected chi connectivity index (χ4v) is 3.00. The summed E-state index contributed by atoms with van der Waals surface area (Å²) < 4.78 is 1.12. The summed E-state index contributed by atoms with van der Waals surface area (Å²) in [6.07, 6.45) is 0.942. The van der Waals surface area contributed by atoms with Gasteiger partial charge in [-0.3, -0.25) is 0 Å². The molecule has 0 saturated heterocycles. The molecule has 20 heavy (non-hydrogen) atoms. The van der Waals surface area contributed by atoms with E-state index < -0.39 is 0 Å². The highest BCUT2D eigenvalue weighted by molar-refractivity contribution is 9.10. The van der Waals surface area contributed by atoms with Gasteiger partial charge in [0.2, 0.25) is 0 Å². The van der Waals surface area contributed by atoms with Crippen LogP contribution in [0.2, 0.25) is 0 Å². The first-order valence-corrected chi connectivity index (χ1v) is 8.47. The van der Waals surface area contributed by atoms with Gasteiger partial charge in [0.15, 0.2) is 0 Å². The Bertz CT molecular complexity index is 566. The zero-order valence-corrected chi connectivity index (χ0v) is 14.5. The zero-order valence-electron chi connectivity index (χ0n) is 12.1. The molecular weight excluding hydrogens is 334 g/mol. The normalized spacial score (nSPS) is 11.2. The first-order chi connectivity index (χ1) is 9.56. The Morgan fingerprint density at radius 3 is 2.80 bits per heavy atom. The van der Waals surface area contributed by atoms with Crippen LogP contribution in [0.1, 0.15) is 24.4 Å². The molecule has 1 N–H and O–H groups in total. The van der Waals surface area contributed by atoms with Crippen LogP contribution in [0.3, 0.4) is 0 Å². The Kier molecular flexibility index (Phi) is 5.69. The second-order valence-electron chi connectivity index (χ2n) is 5.31. The standard InChI is InChI=1S/C15H20BrN3S/c1-10(2)9-17-7-6-14-18-19-15(20-14)12-5-4-11(3)13(16)8-12/h4-5,8,10,17H,6-7,9H2,1-3H3. The van der Waals surface area contributed by atoms with Crippen molar-refractivity contribution in [1.82, 2.24) is 15.5 Å². The van der Waals surface area contributed by atoms with Gasteiger partial charge in [0.05, 0.1) is 0 Å². The molecule has 0 fully saturated rings. The van der Waals surface area contributed by atoms with E-state index in [1.54, 1.807) is 11.3 Å². The molecule has 1 aromatic carbocycles. The van der Waals surface area contributed by atoms with Crippen molar-refractivity contribution >= 4 is 27.3 Å². The average molecular weight is 354 g/mol. The second-order valence-corrected chi connectivity index (χ2v) is 7.23. The molecule has 2 aromatic rings. The van der Waals surface area contributed by atoms with E-state index in [1.807, 2.05) is 0 Å². The van der Waals surface area contributed by atoms with Gasteiger partial charge in [-0.2, -0.15) is 0 Å². The van der Waals surface area contributed by atoms with Gasteiger partial charge in [-0.25, -0.2) is 0 Å². The topological polar surface area (TPSA) is 37.8 Å². The van der Waals surface area contributed by atoms with Gasteiger partial charge in [-0.05, 0) is 31.0 Å². The Hall–Kier alpha value is -0.780. The minimum Gasteiger partial charge on any atom is -0.316 e. The lowest BCUT2D eigenvalue weighted by atomic mass is 10.2. The fraction of sp³-hybridized carbons (Fsp3) is 0.467. The largest absolute Gasteiger partial charge is 0.316 e. The molecule has 0 unspecified atom stereocenters. The van der Waals surface area contributed by atoms with Crippen LogP contribution < -0.4 is 5.32 Å². The van der Waals surface area contributed by atoms with Crippen LogP contribution in [-0.2, 0) is 6.42 Å². The molecule has 0 aliphatic heterocycles. The molecule has 0 aliphatic carbocycles. The second kappa shape index (κ2) is 7.29. The Labute approximate surface area is 133 Å². The van der Waals surface area contributed by atoms with Crippen molar-refractivity contribution in [2.24, 2.45) is 5.92 Å². The predicted molar refractivity (Wildman–Crippen MR) is 89.2 cm³/mol. The minimum absolute atomic E-state index is 0.685. The van der Waals surface area contributed by atoms with Gasteiger partial charge >= 0.3 is 0 Å². The molecule has 5 heteroatoms. The first kappa shape index (κ1) is 15.6. The summed E-state index contributed by atoms with van der Waals surface area (Å²) in [5, 5.41) is 14.1. The van der Waals surface area contributed by atoms with E-state index in [0.29, 0.717) is 5.92 Å². The van der Waals surface area contributed by atoms with Gasteiger partial charge in [0.25, 0.3) is 0 Å². The molecular formula is C15H20BrN3S. The number of aromatic nitrogens is 2. The van der Waals surface area contributed by atoms with Crippen LogP contribution in [0.25, 0.3) is 10.6 Å². The van der Waals surface area contributed by atoms with Gasteiger partial charge in [0.1, 0.15) is 10.0 Å². The monoisotopic (exact) mass is 353 g/mol. The molecule has 0 aliphatic rings. The van der Waals surface area contributed by atoms with Crippen LogP contribution in [0.15, 0.2) is 22.7 Å². The SMILES string of the molecule is Cc1ccc(-c2nnc(CCNCC(C)C)s2)cc1Br. The molecule has 0 spiro atoms. The van der Waals surface area contributed by atoms with Crippen LogP contribution in [-0.4, -0.2) is 23.3 Å². The van der Waals surface area contributed by atoms with E-state index in [0.717, 1.165) is 39.6 Å². The number of halogens is 1. The molecule has 1 heterocycles. The Morgan fingerprint density at radius 2 is 2.10 bits per heavy atom. The fourth-order valence-electron chi connectivity index (χ4n) is 1.78. The molecule has 0 saturated carbocycles. The number of nitrogens with zero attached hydrogens (tertiary/aromatic N) is 2. The lowest BCUT2D eigenvalue weighted by Gasteiger charge is -2.05. The lowest BCUT2D eigenvalue weighted by molar-refractivity contribution is 0.553. The molecule has 108 valence electrons. The van der Waals surface area contributed by atoms with Crippen LogP contribution >= 0.6 is 27.3 Å². The van der Waals surface area contributed by atoms with E-state index in [2.05, 4.69) is 70.4 Å². The maximum Gasteiger partial charge on any atom is 0.147 e.